The van der Waals surface area contributed by atoms with Crippen LogP contribution in [-0.4, -0.2) is 60.2 Å². The maximum Gasteiger partial charge on any atom is 0.229 e. The van der Waals surface area contributed by atoms with Crippen LogP contribution >= 0.6 is 11.3 Å². The third kappa shape index (κ3) is 4.92. The number of thiophene rings is 1. The molecule has 7 nitrogen and oxygen atoms in total. The van der Waals surface area contributed by atoms with Crippen LogP contribution in [0.1, 0.15) is 41.9 Å². The van der Waals surface area contributed by atoms with E-state index in [4.69, 9.17) is 14.7 Å². The van der Waals surface area contributed by atoms with Crippen LogP contribution in [0.3, 0.4) is 0 Å². The molecule has 1 amide bonds. The Hall–Kier alpha value is -2.55. The van der Waals surface area contributed by atoms with Crippen LogP contribution in [0.5, 0.6) is 0 Å². The number of nitrogens with zero attached hydrogens (tertiary/aromatic N) is 4. The van der Waals surface area contributed by atoms with Gasteiger partial charge >= 0.3 is 0 Å². The van der Waals surface area contributed by atoms with Crippen molar-refractivity contribution in [3.05, 3.63) is 46.6 Å². The Morgan fingerprint density at radius 3 is 2.74 bits per heavy atom. The van der Waals surface area contributed by atoms with E-state index in [0.29, 0.717) is 6.54 Å². The lowest BCUT2D eigenvalue weighted by atomic mass is 9.95. The van der Waals surface area contributed by atoms with Crippen molar-refractivity contribution in [3.63, 3.8) is 0 Å². The zero-order valence-electron chi connectivity index (χ0n) is 20.2. The quantitative estimate of drug-likeness (QED) is 0.575. The molecule has 3 aromatic rings. The number of aromatic nitrogens is 2. The molecule has 0 spiro atoms. The summed E-state index contributed by atoms with van der Waals surface area (Å²) in [4.78, 5) is 30.7. The van der Waals surface area contributed by atoms with Crippen LogP contribution < -0.4 is 10.2 Å². The van der Waals surface area contributed by atoms with Crippen LogP contribution in [0.4, 0.5) is 11.5 Å². The second-order valence-electron chi connectivity index (χ2n) is 9.88. The lowest BCUT2D eigenvalue weighted by molar-refractivity contribution is -0.120. The van der Waals surface area contributed by atoms with Gasteiger partial charge in [-0.3, -0.25) is 9.69 Å². The minimum atomic E-state index is -0.0499. The van der Waals surface area contributed by atoms with Gasteiger partial charge in [0.25, 0.3) is 0 Å². The number of para-hydroxylation sites is 1. The zero-order valence-corrected chi connectivity index (χ0v) is 21.0. The fraction of sp³-hybridized carbons (Fsp3) is 0.519. The highest BCUT2D eigenvalue weighted by Crippen LogP contribution is 2.40. The number of morpholine rings is 1. The maximum atomic E-state index is 13.1. The summed E-state index contributed by atoms with van der Waals surface area (Å²) in [6, 6.07) is 9.77. The third-order valence-electron chi connectivity index (χ3n) is 7.44. The Balaban J connectivity index is 1.31. The largest absolute Gasteiger partial charge is 0.379 e. The number of amides is 1. The van der Waals surface area contributed by atoms with Crippen LogP contribution in [0, 0.1) is 5.92 Å². The molecular formula is C27H33N5O2S. The van der Waals surface area contributed by atoms with Crippen LogP contribution in [-0.2, 0) is 28.9 Å². The van der Waals surface area contributed by atoms with Crippen molar-refractivity contribution >= 4 is 39.0 Å². The summed E-state index contributed by atoms with van der Waals surface area (Å²) in [6.07, 6.45) is 6.65. The molecule has 0 saturated carbocycles. The van der Waals surface area contributed by atoms with Gasteiger partial charge in [-0.05, 0) is 56.2 Å². The molecule has 6 rings (SSSR count). The van der Waals surface area contributed by atoms with Crippen molar-refractivity contribution in [1.29, 1.82) is 0 Å². The number of carbonyl (C=O) groups is 1. The van der Waals surface area contributed by atoms with Gasteiger partial charge in [-0.15, -0.1) is 11.3 Å². The van der Waals surface area contributed by atoms with Crippen molar-refractivity contribution in [2.24, 2.45) is 5.92 Å². The first-order valence-corrected chi connectivity index (χ1v) is 13.8. The first-order valence-electron chi connectivity index (χ1n) is 13.0. The number of hydrogen-bond acceptors (Lipinski definition) is 7. The molecular weight excluding hydrogens is 458 g/mol. The summed E-state index contributed by atoms with van der Waals surface area (Å²) in [5, 5.41) is 4.37. The molecule has 0 radical (unpaired) electrons. The topological polar surface area (TPSA) is 70.6 Å². The van der Waals surface area contributed by atoms with Crippen LogP contribution in [0.15, 0.2) is 30.3 Å². The van der Waals surface area contributed by atoms with E-state index in [9.17, 15) is 4.79 Å². The monoisotopic (exact) mass is 491 g/mol. The zero-order chi connectivity index (χ0) is 23.6. The van der Waals surface area contributed by atoms with Crippen molar-refractivity contribution < 1.29 is 9.53 Å². The van der Waals surface area contributed by atoms with Crippen molar-refractivity contribution in [1.82, 2.24) is 14.9 Å². The van der Waals surface area contributed by atoms with Gasteiger partial charge < -0.3 is 15.0 Å². The number of benzene rings is 1. The standard InChI is InChI=1S/C27H33N5O2S/c33-26(28-20-8-2-1-3-9-20)19-7-6-12-32(17-19)25-24-21-10-4-5-11-22(21)35-27(24)30-23(29-25)18-31-13-15-34-16-14-31/h1-3,8-9,19H,4-7,10-18H2,(H,28,33). The molecule has 3 aliphatic rings. The number of hydrogen-bond donors (Lipinski definition) is 1. The Morgan fingerprint density at radius 1 is 1.06 bits per heavy atom. The normalized spacial score (nSPS) is 21.1. The molecule has 2 fully saturated rings. The first kappa shape index (κ1) is 22.9. The predicted molar refractivity (Wildman–Crippen MR) is 140 cm³/mol. The molecule has 184 valence electrons. The summed E-state index contributed by atoms with van der Waals surface area (Å²) >= 11 is 1.86. The van der Waals surface area contributed by atoms with E-state index in [1.54, 1.807) is 0 Å². The van der Waals surface area contributed by atoms with E-state index >= 15 is 0 Å². The van der Waals surface area contributed by atoms with Crippen molar-refractivity contribution in [2.45, 2.75) is 45.1 Å². The molecule has 4 heterocycles. The Kier molecular flexibility index (Phi) is 6.67. The summed E-state index contributed by atoms with van der Waals surface area (Å²) in [5.74, 6) is 2.00. The molecule has 0 bridgehead atoms. The van der Waals surface area contributed by atoms with Gasteiger partial charge in [-0.25, -0.2) is 9.97 Å². The molecule has 1 aliphatic carbocycles. The smallest absolute Gasteiger partial charge is 0.229 e. The maximum absolute atomic E-state index is 13.1. The Morgan fingerprint density at radius 2 is 1.89 bits per heavy atom. The number of nitrogens with one attached hydrogen (secondary N) is 1. The van der Waals surface area contributed by atoms with Gasteiger partial charge in [0.05, 0.1) is 31.1 Å². The van der Waals surface area contributed by atoms with Gasteiger partial charge in [0.2, 0.25) is 5.91 Å². The molecule has 1 unspecified atom stereocenters. The van der Waals surface area contributed by atoms with E-state index in [-0.39, 0.29) is 11.8 Å². The lowest BCUT2D eigenvalue weighted by Crippen LogP contribution is -2.41. The Bertz CT molecular complexity index is 1190. The van der Waals surface area contributed by atoms with Crippen molar-refractivity contribution in [2.75, 3.05) is 49.6 Å². The number of piperidine rings is 1. The third-order valence-corrected chi connectivity index (χ3v) is 8.63. The first-order chi connectivity index (χ1) is 17.2. The molecule has 1 aromatic carbocycles. The number of ether oxygens (including phenoxy) is 1. The summed E-state index contributed by atoms with van der Waals surface area (Å²) in [5.41, 5.74) is 2.32. The van der Waals surface area contributed by atoms with Gasteiger partial charge in [0.15, 0.2) is 0 Å². The molecule has 2 saturated heterocycles. The fourth-order valence-corrected chi connectivity index (χ4v) is 6.86. The van der Waals surface area contributed by atoms with E-state index in [0.717, 1.165) is 87.2 Å². The molecule has 35 heavy (non-hydrogen) atoms. The number of fused-ring (bicyclic) bond motifs is 3. The van der Waals surface area contributed by atoms with Gasteiger partial charge in [0, 0.05) is 36.7 Å². The predicted octanol–water partition coefficient (Wildman–Crippen LogP) is 4.26. The van der Waals surface area contributed by atoms with E-state index in [1.807, 2.05) is 41.7 Å². The summed E-state index contributed by atoms with van der Waals surface area (Å²) < 4.78 is 5.53. The molecule has 1 N–H and O–H groups in total. The van der Waals surface area contributed by atoms with Gasteiger partial charge in [0.1, 0.15) is 16.5 Å². The summed E-state index contributed by atoms with van der Waals surface area (Å²) in [7, 11) is 0. The second kappa shape index (κ2) is 10.2. The average molecular weight is 492 g/mol. The highest BCUT2D eigenvalue weighted by atomic mass is 32.1. The van der Waals surface area contributed by atoms with Gasteiger partial charge in [-0.2, -0.15) is 0 Å². The van der Waals surface area contributed by atoms with E-state index in [2.05, 4.69) is 15.1 Å². The highest BCUT2D eigenvalue weighted by Gasteiger charge is 2.30. The van der Waals surface area contributed by atoms with Crippen LogP contribution in [0.2, 0.25) is 0 Å². The molecule has 1 atom stereocenters. The van der Waals surface area contributed by atoms with Crippen LogP contribution in [0.25, 0.3) is 10.2 Å². The SMILES string of the molecule is O=C(Nc1ccccc1)C1CCCN(c2nc(CN3CCOCC3)nc3sc4c(c23)CCCC4)C1. The molecule has 8 heteroatoms. The number of carbonyl (C=O) groups excluding carboxylic acids is 1. The minimum Gasteiger partial charge on any atom is -0.379 e. The van der Waals surface area contributed by atoms with E-state index in [1.165, 1.54) is 28.7 Å². The van der Waals surface area contributed by atoms with Gasteiger partial charge in [-0.1, -0.05) is 18.2 Å². The molecule has 2 aliphatic heterocycles. The fourth-order valence-electron chi connectivity index (χ4n) is 5.59. The highest BCUT2D eigenvalue weighted by molar-refractivity contribution is 7.19. The number of anilines is 2. The number of rotatable bonds is 5. The average Bonchev–Trinajstić information content (AvgIpc) is 3.28. The lowest BCUT2D eigenvalue weighted by Gasteiger charge is -2.34. The Labute approximate surface area is 210 Å². The van der Waals surface area contributed by atoms with Crippen molar-refractivity contribution in [3.8, 4) is 0 Å². The second-order valence-corrected chi connectivity index (χ2v) is 11.0. The van der Waals surface area contributed by atoms with E-state index < -0.39 is 0 Å². The minimum absolute atomic E-state index is 0.0499. The number of aryl methyl sites for hydroxylation is 2. The molecule has 2 aromatic heterocycles. The summed E-state index contributed by atoms with van der Waals surface area (Å²) in [6.45, 7) is 5.77.